The van der Waals surface area contributed by atoms with Crippen molar-refractivity contribution in [2.24, 2.45) is 0 Å². The summed E-state index contributed by atoms with van der Waals surface area (Å²) in [7, 11) is 0. The lowest BCUT2D eigenvalue weighted by Crippen LogP contribution is -2.15. The fraction of sp³-hybridized carbons (Fsp3) is 0.200. The minimum Gasteiger partial charge on any atom is -0.297 e. The first-order chi connectivity index (χ1) is 7.84. The highest BCUT2D eigenvalue weighted by Gasteiger charge is 1.99. The van der Waals surface area contributed by atoms with Crippen LogP contribution in [0.15, 0.2) is 39.6 Å². The Morgan fingerprint density at radius 1 is 1.38 bits per heavy atom. The molecule has 0 spiro atoms. The molecule has 0 bridgehead atoms. The Bertz CT molecular complexity index is 477. The van der Waals surface area contributed by atoms with E-state index in [9.17, 15) is 4.79 Å². The van der Waals surface area contributed by atoms with Crippen LogP contribution in [-0.2, 0) is 18.0 Å². The molecule has 0 aliphatic heterocycles. The molecule has 0 aliphatic rings. The number of hydroxylamine groups is 1. The molecule has 84 valence electrons. The van der Waals surface area contributed by atoms with E-state index in [-0.39, 0.29) is 0 Å². The molecule has 6 heteroatoms. The van der Waals surface area contributed by atoms with E-state index in [1.54, 1.807) is 0 Å². The Labute approximate surface area is 91.2 Å². The first-order valence-electron chi connectivity index (χ1n) is 4.78. The van der Waals surface area contributed by atoms with Crippen molar-refractivity contribution in [3.8, 4) is 0 Å². The summed E-state index contributed by atoms with van der Waals surface area (Å²) in [4.78, 5) is 18.2. The summed E-state index contributed by atoms with van der Waals surface area (Å²) in [6.07, 6.45) is 0. The largest absolute Gasteiger partial charge is 0.438 e. The maximum absolute atomic E-state index is 10.6. The van der Waals surface area contributed by atoms with Crippen LogP contribution in [0.1, 0.15) is 11.4 Å². The molecule has 6 nitrogen and oxygen atoms in total. The van der Waals surface area contributed by atoms with Crippen molar-refractivity contribution < 1.29 is 9.36 Å². The van der Waals surface area contributed by atoms with Crippen LogP contribution >= 0.6 is 0 Å². The first kappa shape index (κ1) is 10.6. The zero-order valence-corrected chi connectivity index (χ0v) is 8.47. The highest BCUT2D eigenvalue weighted by molar-refractivity contribution is 5.13. The van der Waals surface area contributed by atoms with Crippen molar-refractivity contribution in [1.82, 2.24) is 15.6 Å². The SMILES string of the molecule is O=c1[nH]c(CNOCc2ccccc2)no1. The van der Waals surface area contributed by atoms with Crippen LogP contribution in [0.5, 0.6) is 0 Å². The lowest BCUT2D eigenvalue weighted by molar-refractivity contribution is 0.0218. The van der Waals surface area contributed by atoms with E-state index in [1.165, 1.54) is 0 Å². The van der Waals surface area contributed by atoms with Crippen LogP contribution in [0.25, 0.3) is 0 Å². The number of H-pyrrole nitrogens is 1. The Kier molecular flexibility index (Phi) is 3.47. The molecule has 1 heterocycles. The zero-order valence-electron chi connectivity index (χ0n) is 8.47. The normalized spacial score (nSPS) is 10.5. The third-order valence-corrected chi connectivity index (χ3v) is 1.91. The lowest BCUT2D eigenvalue weighted by Gasteiger charge is -2.03. The minimum absolute atomic E-state index is 0.290. The van der Waals surface area contributed by atoms with Gasteiger partial charge in [-0.25, -0.2) is 4.79 Å². The predicted octanol–water partition coefficient (Wildman–Crippen LogP) is 0.584. The molecule has 0 radical (unpaired) electrons. The molecular formula is C10H11N3O3. The van der Waals surface area contributed by atoms with E-state index >= 15 is 0 Å². The van der Waals surface area contributed by atoms with Crippen LogP contribution in [0.4, 0.5) is 0 Å². The molecule has 2 aromatic rings. The summed E-state index contributed by atoms with van der Waals surface area (Å²) in [5.41, 5.74) is 3.73. The fourth-order valence-electron chi connectivity index (χ4n) is 1.16. The van der Waals surface area contributed by atoms with Crippen molar-refractivity contribution in [2.45, 2.75) is 13.2 Å². The van der Waals surface area contributed by atoms with Crippen LogP contribution in [0.3, 0.4) is 0 Å². The van der Waals surface area contributed by atoms with Crippen LogP contribution in [-0.4, -0.2) is 10.1 Å². The van der Waals surface area contributed by atoms with Gasteiger partial charge in [-0.05, 0) is 5.56 Å². The van der Waals surface area contributed by atoms with Crippen molar-refractivity contribution >= 4 is 0 Å². The molecule has 1 aromatic heterocycles. The molecule has 0 saturated carbocycles. The molecule has 0 saturated heterocycles. The average molecular weight is 221 g/mol. The molecule has 0 atom stereocenters. The Balaban J connectivity index is 1.71. The number of hydrogen-bond acceptors (Lipinski definition) is 5. The highest BCUT2D eigenvalue weighted by atomic mass is 16.6. The molecule has 0 unspecified atom stereocenters. The monoisotopic (exact) mass is 221 g/mol. The summed E-state index contributed by atoms with van der Waals surface area (Å²) in [5.74, 6) is -0.169. The van der Waals surface area contributed by atoms with Gasteiger partial charge < -0.3 is 0 Å². The van der Waals surface area contributed by atoms with Gasteiger partial charge in [-0.2, -0.15) is 5.48 Å². The van der Waals surface area contributed by atoms with Gasteiger partial charge >= 0.3 is 5.76 Å². The number of nitrogens with one attached hydrogen (secondary N) is 2. The van der Waals surface area contributed by atoms with Gasteiger partial charge in [0.1, 0.15) is 0 Å². The van der Waals surface area contributed by atoms with E-state index in [4.69, 9.17) is 4.84 Å². The summed E-state index contributed by atoms with van der Waals surface area (Å²) in [6, 6.07) is 9.73. The smallest absolute Gasteiger partial charge is 0.297 e. The van der Waals surface area contributed by atoms with Gasteiger partial charge in [0, 0.05) is 0 Å². The number of nitrogens with zero attached hydrogens (tertiary/aromatic N) is 1. The van der Waals surface area contributed by atoms with Gasteiger partial charge in [-0.15, -0.1) is 0 Å². The second-order valence-electron chi connectivity index (χ2n) is 3.14. The second-order valence-corrected chi connectivity index (χ2v) is 3.14. The van der Waals surface area contributed by atoms with Crippen LogP contribution in [0, 0.1) is 0 Å². The molecule has 1 aromatic carbocycles. The van der Waals surface area contributed by atoms with Gasteiger partial charge in [-0.3, -0.25) is 14.3 Å². The zero-order chi connectivity index (χ0) is 11.2. The predicted molar refractivity (Wildman–Crippen MR) is 55.2 cm³/mol. The first-order valence-corrected chi connectivity index (χ1v) is 4.78. The summed E-state index contributed by atoms with van der Waals surface area (Å²) in [5, 5.41) is 3.47. The molecule has 16 heavy (non-hydrogen) atoms. The van der Waals surface area contributed by atoms with Crippen molar-refractivity contribution in [3.63, 3.8) is 0 Å². The standard InChI is InChI=1S/C10H11N3O3/c14-10-12-9(13-16-10)6-11-15-7-8-4-2-1-3-5-8/h1-5,11H,6-7H2,(H,12,13,14). The fourth-order valence-corrected chi connectivity index (χ4v) is 1.16. The van der Waals surface area contributed by atoms with Crippen molar-refractivity contribution in [3.05, 3.63) is 52.3 Å². The van der Waals surface area contributed by atoms with Gasteiger partial charge in [0.05, 0.1) is 13.2 Å². The maximum atomic E-state index is 10.6. The van der Waals surface area contributed by atoms with E-state index in [2.05, 4.69) is 20.1 Å². The molecule has 0 amide bonds. The molecule has 0 fully saturated rings. The Morgan fingerprint density at radius 2 is 2.19 bits per heavy atom. The number of hydrogen-bond donors (Lipinski definition) is 2. The highest BCUT2D eigenvalue weighted by Crippen LogP contribution is 1.99. The molecule has 2 N–H and O–H groups in total. The summed E-state index contributed by atoms with van der Waals surface area (Å²) >= 11 is 0. The summed E-state index contributed by atoms with van der Waals surface area (Å²) in [6.45, 7) is 0.738. The topological polar surface area (TPSA) is 80.2 Å². The number of aromatic nitrogens is 2. The average Bonchev–Trinajstić information content (AvgIpc) is 2.72. The van der Waals surface area contributed by atoms with Crippen molar-refractivity contribution in [2.75, 3.05) is 0 Å². The number of benzene rings is 1. The van der Waals surface area contributed by atoms with Gasteiger partial charge in [0.2, 0.25) is 0 Å². The third kappa shape index (κ3) is 3.04. The molecular weight excluding hydrogens is 210 g/mol. The van der Waals surface area contributed by atoms with E-state index in [0.717, 1.165) is 5.56 Å². The number of aromatic amines is 1. The Hall–Kier alpha value is -1.92. The Morgan fingerprint density at radius 3 is 2.88 bits per heavy atom. The molecule has 2 rings (SSSR count). The van der Waals surface area contributed by atoms with Gasteiger partial charge in [0.25, 0.3) is 0 Å². The van der Waals surface area contributed by atoms with Crippen molar-refractivity contribution in [1.29, 1.82) is 0 Å². The van der Waals surface area contributed by atoms with Crippen LogP contribution in [0.2, 0.25) is 0 Å². The van der Waals surface area contributed by atoms with E-state index in [0.29, 0.717) is 19.0 Å². The summed E-state index contributed by atoms with van der Waals surface area (Å²) < 4.78 is 4.32. The second kappa shape index (κ2) is 5.24. The minimum atomic E-state index is -0.570. The van der Waals surface area contributed by atoms with E-state index in [1.807, 2.05) is 30.3 Å². The molecule has 0 aliphatic carbocycles. The van der Waals surface area contributed by atoms with Gasteiger partial charge in [-0.1, -0.05) is 35.5 Å². The lowest BCUT2D eigenvalue weighted by atomic mass is 10.2. The van der Waals surface area contributed by atoms with E-state index < -0.39 is 5.76 Å². The van der Waals surface area contributed by atoms with Crippen LogP contribution < -0.4 is 11.2 Å². The quantitative estimate of drug-likeness (QED) is 0.570. The maximum Gasteiger partial charge on any atom is 0.438 e. The third-order valence-electron chi connectivity index (χ3n) is 1.91. The van der Waals surface area contributed by atoms with Gasteiger partial charge in [0.15, 0.2) is 5.82 Å². The number of rotatable bonds is 5.